The van der Waals surface area contributed by atoms with E-state index in [-0.39, 0.29) is 0 Å². The van der Waals surface area contributed by atoms with Crippen LogP contribution in [0.5, 0.6) is 11.5 Å². The number of anilines is 3. The van der Waals surface area contributed by atoms with Gasteiger partial charge in [0.15, 0.2) is 11.5 Å². The number of hydrogen-bond acceptors (Lipinski definition) is 7. The number of benzene rings is 2. The molecule has 0 spiro atoms. The number of rotatable bonds is 8. The molecule has 7 nitrogen and oxygen atoms in total. The fourth-order valence-electron chi connectivity index (χ4n) is 2.64. The Bertz CT molecular complexity index is 967. The highest BCUT2D eigenvalue weighted by molar-refractivity contribution is 5.58. The van der Waals surface area contributed by atoms with E-state index in [0.717, 1.165) is 17.7 Å². The van der Waals surface area contributed by atoms with Crippen molar-refractivity contribution in [3.05, 3.63) is 65.9 Å². The normalized spacial score (nSPS) is 10.0. The van der Waals surface area contributed by atoms with Crippen LogP contribution in [0.4, 0.5) is 17.5 Å². The molecule has 0 unspecified atom stereocenters. The second-order valence-electron chi connectivity index (χ2n) is 5.95. The van der Waals surface area contributed by atoms with E-state index in [4.69, 9.17) is 14.7 Å². The van der Waals surface area contributed by atoms with Crippen molar-refractivity contribution in [1.29, 1.82) is 5.26 Å². The van der Waals surface area contributed by atoms with Gasteiger partial charge < -0.3 is 20.1 Å². The van der Waals surface area contributed by atoms with Gasteiger partial charge in [0.2, 0.25) is 5.95 Å². The van der Waals surface area contributed by atoms with E-state index in [0.29, 0.717) is 35.4 Å². The zero-order valence-electron chi connectivity index (χ0n) is 15.8. The van der Waals surface area contributed by atoms with Gasteiger partial charge in [-0.3, -0.25) is 0 Å². The monoisotopic (exact) mass is 375 g/mol. The molecule has 0 aliphatic carbocycles. The Kier molecular flexibility index (Phi) is 6.26. The summed E-state index contributed by atoms with van der Waals surface area (Å²) in [4.78, 5) is 8.71. The molecule has 1 aromatic heterocycles. The standard InChI is InChI=1S/C21H21N5O2/c1-27-18-8-5-15(13-19(18)28-2)9-11-23-21-24-12-10-20(26-21)25-17-6-3-16(14-22)4-7-17/h3-8,10,12-13H,9,11H2,1-2H3,(H2,23,24,25,26). The molecule has 0 fully saturated rings. The summed E-state index contributed by atoms with van der Waals surface area (Å²) in [7, 11) is 3.25. The molecular weight excluding hydrogens is 354 g/mol. The molecule has 0 saturated carbocycles. The van der Waals surface area contributed by atoms with Crippen LogP contribution in [0.25, 0.3) is 0 Å². The van der Waals surface area contributed by atoms with Gasteiger partial charge >= 0.3 is 0 Å². The average Bonchev–Trinajstić information content (AvgIpc) is 2.74. The summed E-state index contributed by atoms with van der Waals surface area (Å²) >= 11 is 0. The third kappa shape index (κ3) is 4.89. The van der Waals surface area contributed by atoms with Gasteiger partial charge in [0, 0.05) is 18.4 Å². The summed E-state index contributed by atoms with van der Waals surface area (Å²) in [5.74, 6) is 2.64. The molecule has 0 saturated heterocycles. The highest BCUT2D eigenvalue weighted by atomic mass is 16.5. The van der Waals surface area contributed by atoms with Gasteiger partial charge in [0.1, 0.15) is 5.82 Å². The zero-order chi connectivity index (χ0) is 19.8. The molecule has 0 atom stereocenters. The lowest BCUT2D eigenvalue weighted by atomic mass is 10.1. The lowest BCUT2D eigenvalue weighted by molar-refractivity contribution is 0.354. The van der Waals surface area contributed by atoms with Crippen LogP contribution >= 0.6 is 0 Å². The number of nitriles is 1. The fourth-order valence-corrected chi connectivity index (χ4v) is 2.64. The van der Waals surface area contributed by atoms with Crippen molar-refractivity contribution in [3.63, 3.8) is 0 Å². The molecule has 0 amide bonds. The van der Waals surface area contributed by atoms with E-state index in [1.54, 1.807) is 38.6 Å². The predicted molar refractivity (Wildman–Crippen MR) is 108 cm³/mol. The first-order valence-corrected chi connectivity index (χ1v) is 8.77. The third-order valence-corrected chi connectivity index (χ3v) is 4.09. The molecule has 2 aromatic carbocycles. The average molecular weight is 375 g/mol. The van der Waals surface area contributed by atoms with Crippen molar-refractivity contribution in [2.45, 2.75) is 6.42 Å². The summed E-state index contributed by atoms with van der Waals surface area (Å²) in [5.41, 5.74) is 2.59. The van der Waals surface area contributed by atoms with Gasteiger partial charge in [-0.15, -0.1) is 0 Å². The van der Waals surface area contributed by atoms with Gasteiger partial charge in [-0.1, -0.05) is 6.07 Å². The summed E-state index contributed by atoms with van der Waals surface area (Å²) in [6.45, 7) is 0.676. The van der Waals surface area contributed by atoms with Crippen LogP contribution in [0.1, 0.15) is 11.1 Å². The lowest BCUT2D eigenvalue weighted by Crippen LogP contribution is -2.09. The quantitative estimate of drug-likeness (QED) is 0.619. The highest BCUT2D eigenvalue weighted by Crippen LogP contribution is 2.27. The van der Waals surface area contributed by atoms with Crippen molar-refractivity contribution in [2.24, 2.45) is 0 Å². The first-order chi connectivity index (χ1) is 13.7. The second-order valence-corrected chi connectivity index (χ2v) is 5.95. The van der Waals surface area contributed by atoms with Gasteiger partial charge in [-0.25, -0.2) is 4.98 Å². The molecule has 1 heterocycles. The number of aromatic nitrogens is 2. The third-order valence-electron chi connectivity index (χ3n) is 4.09. The molecular formula is C21H21N5O2. The molecule has 142 valence electrons. The Balaban J connectivity index is 1.58. The summed E-state index contributed by atoms with van der Waals surface area (Å²) < 4.78 is 10.6. The fraction of sp³-hybridized carbons (Fsp3) is 0.190. The van der Waals surface area contributed by atoms with E-state index in [1.807, 2.05) is 30.3 Å². The molecule has 3 aromatic rings. The Morgan fingerprint density at radius 3 is 2.50 bits per heavy atom. The number of ether oxygens (including phenoxy) is 2. The lowest BCUT2D eigenvalue weighted by Gasteiger charge is -2.11. The predicted octanol–water partition coefficient (Wildman–Crippen LogP) is 3.76. The van der Waals surface area contributed by atoms with E-state index in [1.165, 1.54) is 0 Å². The largest absolute Gasteiger partial charge is 0.493 e. The smallest absolute Gasteiger partial charge is 0.224 e. The SMILES string of the molecule is COc1ccc(CCNc2nccc(Nc3ccc(C#N)cc3)n2)cc1OC. The Morgan fingerprint density at radius 1 is 1.00 bits per heavy atom. The number of nitrogens with zero attached hydrogens (tertiary/aromatic N) is 3. The van der Waals surface area contributed by atoms with Crippen LogP contribution in [-0.4, -0.2) is 30.7 Å². The minimum absolute atomic E-state index is 0.541. The van der Waals surface area contributed by atoms with E-state index in [2.05, 4.69) is 26.7 Å². The molecule has 28 heavy (non-hydrogen) atoms. The Morgan fingerprint density at radius 2 is 1.79 bits per heavy atom. The van der Waals surface area contributed by atoms with Crippen LogP contribution in [0, 0.1) is 11.3 Å². The second kappa shape index (κ2) is 9.24. The molecule has 0 bridgehead atoms. The van der Waals surface area contributed by atoms with Crippen LogP contribution in [-0.2, 0) is 6.42 Å². The minimum Gasteiger partial charge on any atom is -0.493 e. The molecule has 3 rings (SSSR count). The van der Waals surface area contributed by atoms with Crippen molar-refractivity contribution >= 4 is 17.5 Å². The maximum Gasteiger partial charge on any atom is 0.224 e. The van der Waals surface area contributed by atoms with Crippen LogP contribution < -0.4 is 20.1 Å². The number of hydrogen-bond donors (Lipinski definition) is 2. The Labute approximate surface area is 164 Å². The Hall–Kier alpha value is -3.79. The van der Waals surface area contributed by atoms with Crippen LogP contribution in [0.15, 0.2) is 54.7 Å². The van der Waals surface area contributed by atoms with Crippen LogP contribution in [0.3, 0.4) is 0 Å². The maximum atomic E-state index is 8.86. The summed E-state index contributed by atoms with van der Waals surface area (Å²) in [6, 6.07) is 16.9. The molecule has 7 heteroatoms. The van der Waals surface area contributed by atoms with Crippen molar-refractivity contribution in [1.82, 2.24) is 9.97 Å². The van der Waals surface area contributed by atoms with E-state index < -0.39 is 0 Å². The molecule has 2 N–H and O–H groups in total. The molecule has 0 aliphatic rings. The summed E-state index contributed by atoms with van der Waals surface area (Å²) in [6.07, 6.45) is 2.48. The van der Waals surface area contributed by atoms with E-state index >= 15 is 0 Å². The maximum absolute atomic E-state index is 8.86. The first-order valence-electron chi connectivity index (χ1n) is 8.77. The van der Waals surface area contributed by atoms with Crippen molar-refractivity contribution < 1.29 is 9.47 Å². The van der Waals surface area contributed by atoms with Gasteiger partial charge in [0.05, 0.1) is 25.9 Å². The van der Waals surface area contributed by atoms with Gasteiger partial charge in [0.25, 0.3) is 0 Å². The minimum atomic E-state index is 0.541. The topological polar surface area (TPSA) is 92.1 Å². The first kappa shape index (κ1) is 19.0. The van der Waals surface area contributed by atoms with Crippen molar-refractivity contribution in [3.8, 4) is 17.6 Å². The van der Waals surface area contributed by atoms with Crippen molar-refractivity contribution in [2.75, 3.05) is 31.4 Å². The highest BCUT2D eigenvalue weighted by Gasteiger charge is 2.05. The number of nitrogens with one attached hydrogen (secondary N) is 2. The van der Waals surface area contributed by atoms with Gasteiger partial charge in [-0.05, 0) is 54.4 Å². The molecule has 0 aliphatic heterocycles. The van der Waals surface area contributed by atoms with Gasteiger partial charge in [-0.2, -0.15) is 10.2 Å². The molecule has 0 radical (unpaired) electrons. The summed E-state index contributed by atoms with van der Waals surface area (Å²) in [5, 5.41) is 15.3. The number of methoxy groups -OCH3 is 2. The van der Waals surface area contributed by atoms with Crippen LogP contribution in [0.2, 0.25) is 0 Å². The van der Waals surface area contributed by atoms with E-state index in [9.17, 15) is 0 Å². The zero-order valence-corrected chi connectivity index (χ0v) is 15.8.